The third-order valence-electron chi connectivity index (χ3n) is 2.19. The van der Waals surface area contributed by atoms with Gasteiger partial charge in [-0.15, -0.1) is 0 Å². The lowest BCUT2D eigenvalue weighted by Crippen LogP contribution is -2.44. The minimum atomic E-state index is -0.751. The SMILES string of the molecule is CO[C@@H]1[C@H](O)O[C@H](C)C[C@@H]1C. The zero-order chi connectivity index (χ0) is 8.43. The highest BCUT2D eigenvalue weighted by Crippen LogP contribution is 2.25. The fourth-order valence-electron chi connectivity index (χ4n) is 1.66. The fourth-order valence-corrected chi connectivity index (χ4v) is 1.66. The summed E-state index contributed by atoms with van der Waals surface area (Å²) in [6, 6.07) is 0. The predicted molar refractivity (Wildman–Crippen MR) is 41.1 cm³/mol. The predicted octanol–water partition coefficient (Wildman–Crippen LogP) is 0.765. The lowest BCUT2D eigenvalue weighted by Gasteiger charge is -2.35. The molecule has 1 heterocycles. The summed E-state index contributed by atoms with van der Waals surface area (Å²) in [4.78, 5) is 0. The molecule has 0 unspecified atom stereocenters. The molecule has 1 aliphatic heterocycles. The molecule has 1 N–H and O–H groups in total. The van der Waals surface area contributed by atoms with E-state index in [2.05, 4.69) is 6.92 Å². The van der Waals surface area contributed by atoms with Gasteiger partial charge in [-0.3, -0.25) is 0 Å². The van der Waals surface area contributed by atoms with Gasteiger partial charge in [0.05, 0.1) is 6.10 Å². The number of ether oxygens (including phenoxy) is 2. The molecule has 3 nitrogen and oxygen atoms in total. The second-order valence-corrected chi connectivity index (χ2v) is 3.25. The van der Waals surface area contributed by atoms with Gasteiger partial charge in [0.1, 0.15) is 6.10 Å². The maximum atomic E-state index is 9.36. The maximum Gasteiger partial charge on any atom is 0.181 e. The van der Waals surface area contributed by atoms with Crippen molar-refractivity contribution in [1.82, 2.24) is 0 Å². The monoisotopic (exact) mass is 160 g/mol. The summed E-state index contributed by atoms with van der Waals surface area (Å²) in [5.74, 6) is 0.374. The van der Waals surface area contributed by atoms with Crippen LogP contribution in [0.4, 0.5) is 0 Å². The molecule has 1 aliphatic rings. The smallest absolute Gasteiger partial charge is 0.181 e. The summed E-state index contributed by atoms with van der Waals surface area (Å²) in [5.41, 5.74) is 0. The first-order valence-corrected chi connectivity index (χ1v) is 4.01. The third kappa shape index (κ3) is 1.92. The molecule has 3 heteroatoms. The van der Waals surface area contributed by atoms with E-state index in [1.54, 1.807) is 7.11 Å². The van der Waals surface area contributed by atoms with Crippen LogP contribution in [0.5, 0.6) is 0 Å². The van der Waals surface area contributed by atoms with Crippen molar-refractivity contribution in [2.45, 2.75) is 38.8 Å². The van der Waals surface area contributed by atoms with E-state index in [0.717, 1.165) is 6.42 Å². The number of methoxy groups -OCH3 is 1. The Balaban J connectivity index is 2.52. The Kier molecular flexibility index (Phi) is 2.87. The van der Waals surface area contributed by atoms with E-state index in [9.17, 15) is 5.11 Å². The first-order chi connectivity index (χ1) is 5.15. The van der Waals surface area contributed by atoms with Crippen molar-refractivity contribution >= 4 is 0 Å². The molecular weight excluding hydrogens is 144 g/mol. The lowest BCUT2D eigenvalue weighted by atomic mass is 9.94. The lowest BCUT2D eigenvalue weighted by molar-refractivity contribution is -0.234. The summed E-state index contributed by atoms with van der Waals surface area (Å²) in [6.07, 6.45) is 0.187. The van der Waals surface area contributed by atoms with Crippen molar-refractivity contribution in [1.29, 1.82) is 0 Å². The van der Waals surface area contributed by atoms with Gasteiger partial charge in [-0.1, -0.05) is 6.92 Å². The van der Waals surface area contributed by atoms with E-state index in [-0.39, 0.29) is 12.2 Å². The van der Waals surface area contributed by atoms with Gasteiger partial charge in [0.2, 0.25) is 0 Å². The van der Waals surface area contributed by atoms with Gasteiger partial charge in [0.25, 0.3) is 0 Å². The molecule has 66 valence electrons. The second-order valence-electron chi connectivity index (χ2n) is 3.25. The first kappa shape index (κ1) is 8.97. The Morgan fingerprint density at radius 2 is 2.09 bits per heavy atom. The molecule has 0 bridgehead atoms. The van der Waals surface area contributed by atoms with Crippen LogP contribution in [-0.2, 0) is 9.47 Å². The molecule has 0 spiro atoms. The van der Waals surface area contributed by atoms with Gasteiger partial charge in [-0.2, -0.15) is 0 Å². The van der Waals surface area contributed by atoms with Crippen LogP contribution in [0.15, 0.2) is 0 Å². The number of hydrogen-bond acceptors (Lipinski definition) is 3. The molecule has 0 amide bonds. The summed E-state index contributed by atoms with van der Waals surface area (Å²) in [7, 11) is 1.60. The Hall–Kier alpha value is -0.120. The summed E-state index contributed by atoms with van der Waals surface area (Å²) in [5, 5.41) is 9.36. The Labute approximate surface area is 67.3 Å². The van der Waals surface area contributed by atoms with Gasteiger partial charge in [0.15, 0.2) is 6.29 Å². The second kappa shape index (κ2) is 3.52. The van der Waals surface area contributed by atoms with Crippen LogP contribution in [0, 0.1) is 5.92 Å². The van der Waals surface area contributed by atoms with Crippen LogP contribution in [0.3, 0.4) is 0 Å². The summed E-state index contributed by atoms with van der Waals surface area (Å²) in [6.45, 7) is 4.03. The average Bonchev–Trinajstić information content (AvgIpc) is 1.85. The van der Waals surface area contributed by atoms with E-state index in [0.29, 0.717) is 5.92 Å². The van der Waals surface area contributed by atoms with Gasteiger partial charge in [0, 0.05) is 7.11 Å². The molecule has 1 saturated heterocycles. The van der Waals surface area contributed by atoms with Gasteiger partial charge >= 0.3 is 0 Å². The van der Waals surface area contributed by atoms with Crippen LogP contribution >= 0.6 is 0 Å². The minimum Gasteiger partial charge on any atom is -0.376 e. The highest BCUT2D eigenvalue weighted by atomic mass is 16.6. The fraction of sp³-hybridized carbons (Fsp3) is 1.00. The standard InChI is InChI=1S/C8H16O3/c1-5-4-6(2)11-8(9)7(5)10-3/h5-9H,4H2,1-3H3/t5-,6+,7-,8+/m0/s1. The van der Waals surface area contributed by atoms with Crippen LogP contribution < -0.4 is 0 Å². The molecule has 1 rings (SSSR count). The van der Waals surface area contributed by atoms with E-state index in [1.807, 2.05) is 6.92 Å². The molecule has 0 saturated carbocycles. The Bertz CT molecular complexity index is 115. The van der Waals surface area contributed by atoms with Crippen molar-refractivity contribution in [3.63, 3.8) is 0 Å². The van der Waals surface area contributed by atoms with Crippen LogP contribution in [0.25, 0.3) is 0 Å². The molecule has 11 heavy (non-hydrogen) atoms. The topological polar surface area (TPSA) is 38.7 Å². The van der Waals surface area contributed by atoms with Crippen molar-refractivity contribution in [2.24, 2.45) is 5.92 Å². The number of rotatable bonds is 1. The van der Waals surface area contributed by atoms with E-state index in [1.165, 1.54) is 0 Å². The van der Waals surface area contributed by atoms with Crippen LogP contribution in [-0.4, -0.2) is 30.7 Å². The van der Waals surface area contributed by atoms with E-state index in [4.69, 9.17) is 9.47 Å². The van der Waals surface area contributed by atoms with Gasteiger partial charge in [-0.25, -0.2) is 0 Å². The molecule has 0 aromatic carbocycles. The molecule has 0 radical (unpaired) electrons. The van der Waals surface area contributed by atoms with E-state index < -0.39 is 6.29 Å². The molecule has 1 fully saturated rings. The minimum absolute atomic E-state index is 0.145. The molecular formula is C8H16O3. The van der Waals surface area contributed by atoms with Crippen molar-refractivity contribution < 1.29 is 14.6 Å². The highest BCUT2D eigenvalue weighted by molar-refractivity contribution is 4.76. The van der Waals surface area contributed by atoms with Crippen molar-refractivity contribution in [2.75, 3.05) is 7.11 Å². The number of aliphatic hydroxyl groups is 1. The normalized spacial score (nSPS) is 45.8. The van der Waals surface area contributed by atoms with Gasteiger partial charge in [-0.05, 0) is 19.3 Å². The van der Waals surface area contributed by atoms with Crippen molar-refractivity contribution in [3.8, 4) is 0 Å². The molecule has 0 aromatic heterocycles. The van der Waals surface area contributed by atoms with Crippen LogP contribution in [0.1, 0.15) is 20.3 Å². The summed E-state index contributed by atoms with van der Waals surface area (Å²) < 4.78 is 10.3. The zero-order valence-corrected chi connectivity index (χ0v) is 7.28. The highest BCUT2D eigenvalue weighted by Gasteiger charge is 2.33. The quantitative estimate of drug-likeness (QED) is 0.615. The average molecular weight is 160 g/mol. The van der Waals surface area contributed by atoms with Crippen LogP contribution in [0.2, 0.25) is 0 Å². The molecule has 0 aliphatic carbocycles. The van der Waals surface area contributed by atoms with Crippen molar-refractivity contribution in [3.05, 3.63) is 0 Å². The third-order valence-corrected chi connectivity index (χ3v) is 2.19. The largest absolute Gasteiger partial charge is 0.376 e. The Morgan fingerprint density at radius 3 is 2.55 bits per heavy atom. The maximum absolute atomic E-state index is 9.36. The first-order valence-electron chi connectivity index (χ1n) is 4.01. The number of aliphatic hydroxyl groups excluding tert-OH is 1. The summed E-state index contributed by atoms with van der Waals surface area (Å²) >= 11 is 0. The zero-order valence-electron chi connectivity index (χ0n) is 7.28. The molecule has 0 aromatic rings. The molecule has 4 atom stereocenters. The Morgan fingerprint density at radius 1 is 1.45 bits per heavy atom. The van der Waals surface area contributed by atoms with Gasteiger partial charge < -0.3 is 14.6 Å². The van der Waals surface area contributed by atoms with E-state index >= 15 is 0 Å². The number of hydrogen-bond donors (Lipinski definition) is 1.